The van der Waals surface area contributed by atoms with E-state index in [1.165, 1.54) is 17.0 Å². The summed E-state index contributed by atoms with van der Waals surface area (Å²) >= 11 is 1.48. The van der Waals surface area contributed by atoms with Crippen molar-refractivity contribution < 1.29 is 9.53 Å². The first-order valence-corrected chi connectivity index (χ1v) is 12.6. The number of aromatic nitrogens is 2. The van der Waals surface area contributed by atoms with E-state index in [1.54, 1.807) is 12.4 Å². The number of anilines is 2. The topological polar surface area (TPSA) is 84.1 Å². The molecule has 0 aliphatic carbocycles. The van der Waals surface area contributed by atoms with E-state index in [4.69, 9.17) is 14.8 Å². The molecule has 0 fully saturated rings. The quantitative estimate of drug-likeness (QED) is 0.367. The number of hydrogen-bond acceptors (Lipinski definition) is 7. The second-order valence-electron chi connectivity index (χ2n) is 8.09. The summed E-state index contributed by atoms with van der Waals surface area (Å²) in [7, 11) is 0. The summed E-state index contributed by atoms with van der Waals surface area (Å²) in [4.78, 5) is 23.8. The third kappa shape index (κ3) is 5.06. The molecule has 1 amide bonds. The minimum atomic E-state index is -0.170. The van der Waals surface area contributed by atoms with E-state index in [1.807, 2.05) is 46.6 Å². The van der Waals surface area contributed by atoms with E-state index in [9.17, 15) is 4.79 Å². The van der Waals surface area contributed by atoms with Crippen LogP contribution in [-0.2, 0) is 4.79 Å². The molecule has 5 rings (SSSR count). The largest absolute Gasteiger partial charge is 0.482 e. The van der Waals surface area contributed by atoms with Crippen molar-refractivity contribution in [2.24, 2.45) is 10.1 Å². The number of rotatable bonds is 7. The number of nitrogens with zero attached hydrogens (tertiary/aromatic N) is 5. The van der Waals surface area contributed by atoms with Crippen molar-refractivity contribution in [1.29, 1.82) is 0 Å². The van der Waals surface area contributed by atoms with Gasteiger partial charge in [0.15, 0.2) is 6.61 Å². The van der Waals surface area contributed by atoms with Gasteiger partial charge >= 0.3 is 0 Å². The fourth-order valence-corrected chi connectivity index (χ4v) is 4.80. The molecule has 3 heterocycles. The van der Waals surface area contributed by atoms with Gasteiger partial charge in [-0.05, 0) is 61.9 Å². The first-order chi connectivity index (χ1) is 17.6. The molecule has 0 spiro atoms. The molecule has 0 bridgehead atoms. The van der Waals surface area contributed by atoms with E-state index >= 15 is 0 Å². The number of fused-ring (bicyclic) bond motifs is 1. The zero-order valence-electron chi connectivity index (χ0n) is 20.1. The monoisotopic (exact) mass is 498 g/mol. The number of ether oxygens (including phenoxy) is 1. The van der Waals surface area contributed by atoms with Gasteiger partial charge in [0.25, 0.3) is 5.91 Å². The second kappa shape index (κ2) is 10.6. The Morgan fingerprint density at radius 3 is 2.75 bits per heavy atom. The minimum Gasteiger partial charge on any atom is -0.482 e. The average Bonchev–Trinajstić information content (AvgIpc) is 3.31. The summed E-state index contributed by atoms with van der Waals surface area (Å²) < 4.78 is 7.32. The van der Waals surface area contributed by atoms with Gasteiger partial charge in [0.2, 0.25) is 4.80 Å². The number of pyridine rings is 1. The highest BCUT2D eigenvalue weighted by atomic mass is 32.1. The zero-order valence-corrected chi connectivity index (χ0v) is 20.9. The molecular formula is C27H26N6O2S. The van der Waals surface area contributed by atoms with Gasteiger partial charge < -0.3 is 15.0 Å². The first-order valence-electron chi connectivity index (χ1n) is 11.8. The molecule has 1 aliphatic rings. The molecule has 182 valence electrons. The SMILES string of the molecule is CCN(CC)c1ccc(C=Nn2c(-c3ccc4c(c3)NC(=O)CO4)csc2=Nc2cccnc2)cc1. The number of nitrogens with one attached hydrogen (secondary N) is 1. The van der Waals surface area contributed by atoms with Crippen molar-refractivity contribution in [1.82, 2.24) is 9.66 Å². The van der Waals surface area contributed by atoms with Gasteiger partial charge in [0.05, 0.1) is 29.5 Å². The zero-order chi connectivity index (χ0) is 24.9. The van der Waals surface area contributed by atoms with E-state index in [2.05, 4.69) is 53.3 Å². The normalized spacial score (nSPS) is 13.4. The summed E-state index contributed by atoms with van der Waals surface area (Å²) in [6, 6.07) is 17.8. The van der Waals surface area contributed by atoms with Gasteiger partial charge in [-0.2, -0.15) is 5.10 Å². The highest BCUT2D eigenvalue weighted by Gasteiger charge is 2.18. The fourth-order valence-electron chi connectivity index (χ4n) is 3.94. The van der Waals surface area contributed by atoms with Crippen LogP contribution < -0.4 is 19.8 Å². The van der Waals surface area contributed by atoms with E-state index in [0.29, 0.717) is 16.2 Å². The number of hydrogen-bond donors (Lipinski definition) is 1. The highest BCUT2D eigenvalue weighted by molar-refractivity contribution is 7.07. The molecule has 9 heteroatoms. The molecule has 2 aromatic carbocycles. The molecular weight excluding hydrogens is 472 g/mol. The molecule has 0 atom stereocenters. The van der Waals surface area contributed by atoms with Crippen molar-refractivity contribution in [2.75, 3.05) is 29.9 Å². The molecule has 0 radical (unpaired) electrons. The molecule has 4 aromatic rings. The molecule has 0 saturated heterocycles. The molecule has 1 aliphatic heterocycles. The lowest BCUT2D eigenvalue weighted by Crippen LogP contribution is -2.25. The van der Waals surface area contributed by atoms with Crippen molar-refractivity contribution in [2.45, 2.75) is 13.8 Å². The fraction of sp³-hybridized carbons (Fsp3) is 0.185. The standard InChI is InChI=1S/C27H26N6O2S/c1-3-32(4-2)22-10-7-19(8-11-22)15-29-33-24(18-36-27(33)30-21-6-5-13-28-16-21)20-9-12-25-23(14-20)31-26(34)17-35-25/h5-16,18H,3-4,17H2,1-2H3,(H,31,34). The summed E-state index contributed by atoms with van der Waals surface area (Å²) in [5.41, 5.74) is 5.28. The first kappa shape index (κ1) is 23.5. The summed E-state index contributed by atoms with van der Waals surface area (Å²) in [5, 5.41) is 9.68. The van der Waals surface area contributed by atoms with Gasteiger partial charge in [-0.3, -0.25) is 9.78 Å². The Balaban J connectivity index is 1.55. The summed E-state index contributed by atoms with van der Waals surface area (Å²) in [6.07, 6.45) is 5.26. The summed E-state index contributed by atoms with van der Waals surface area (Å²) in [6.45, 7) is 6.25. The van der Waals surface area contributed by atoms with Crippen LogP contribution in [0.5, 0.6) is 5.75 Å². The predicted molar refractivity (Wildman–Crippen MR) is 144 cm³/mol. The Morgan fingerprint density at radius 2 is 2.00 bits per heavy atom. The smallest absolute Gasteiger partial charge is 0.262 e. The van der Waals surface area contributed by atoms with E-state index in [0.717, 1.165) is 35.6 Å². The van der Waals surface area contributed by atoms with Crippen molar-refractivity contribution >= 4 is 40.5 Å². The average molecular weight is 499 g/mol. The second-order valence-corrected chi connectivity index (χ2v) is 8.93. The number of carbonyl (C=O) groups excluding carboxylic acids is 1. The molecule has 0 unspecified atom stereocenters. The Bertz CT molecular complexity index is 1450. The Morgan fingerprint density at radius 1 is 1.17 bits per heavy atom. The summed E-state index contributed by atoms with van der Waals surface area (Å²) in [5.74, 6) is 0.480. The van der Waals surface area contributed by atoms with E-state index < -0.39 is 0 Å². The Hall–Kier alpha value is -4.24. The molecule has 2 aromatic heterocycles. The van der Waals surface area contributed by atoms with Gasteiger partial charge in [0, 0.05) is 35.9 Å². The number of thiazole rings is 1. The third-order valence-corrected chi connectivity index (χ3v) is 6.62. The Labute approximate surface area is 213 Å². The van der Waals surface area contributed by atoms with Crippen LogP contribution in [-0.4, -0.2) is 41.5 Å². The maximum absolute atomic E-state index is 11.8. The lowest BCUT2D eigenvalue weighted by molar-refractivity contribution is -0.118. The van der Waals surface area contributed by atoms with Crippen LogP contribution in [0, 0.1) is 0 Å². The number of amides is 1. The highest BCUT2D eigenvalue weighted by Crippen LogP contribution is 2.33. The van der Waals surface area contributed by atoms with Gasteiger partial charge in [0.1, 0.15) is 5.75 Å². The molecule has 1 N–H and O–H groups in total. The van der Waals surface area contributed by atoms with Crippen molar-refractivity contribution in [3.8, 4) is 17.0 Å². The van der Waals surface area contributed by atoms with Gasteiger partial charge in [-0.15, -0.1) is 11.3 Å². The van der Waals surface area contributed by atoms with Crippen LogP contribution in [0.1, 0.15) is 19.4 Å². The lowest BCUT2D eigenvalue weighted by atomic mass is 10.1. The van der Waals surface area contributed by atoms with Gasteiger partial charge in [-0.25, -0.2) is 9.67 Å². The molecule has 36 heavy (non-hydrogen) atoms. The number of benzene rings is 2. The Kier molecular flexibility index (Phi) is 6.90. The maximum atomic E-state index is 11.8. The molecule has 8 nitrogen and oxygen atoms in total. The van der Waals surface area contributed by atoms with E-state index in [-0.39, 0.29) is 12.5 Å². The van der Waals surface area contributed by atoms with Crippen molar-refractivity contribution in [3.63, 3.8) is 0 Å². The van der Waals surface area contributed by atoms with Crippen LogP contribution >= 0.6 is 11.3 Å². The minimum absolute atomic E-state index is 0.0241. The van der Waals surface area contributed by atoms with Crippen LogP contribution in [0.25, 0.3) is 11.3 Å². The third-order valence-electron chi connectivity index (χ3n) is 5.81. The van der Waals surface area contributed by atoms with Gasteiger partial charge in [-0.1, -0.05) is 12.1 Å². The maximum Gasteiger partial charge on any atom is 0.262 e. The van der Waals surface area contributed by atoms with Crippen LogP contribution in [0.4, 0.5) is 17.1 Å². The molecule has 0 saturated carbocycles. The predicted octanol–water partition coefficient (Wildman–Crippen LogP) is 4.90. The number of carbonyl (C=O) groups is 1. The van der Waals surface area contributed by atoms with Crippen LogP contribution in [0.2, 0.25) is 0 Å². The van der Waals surface area contributed by atoms with Crippen molar-refractivity contribution in [3.05, 3.63) is 82.7 Å². The van der Waals surface area contributed by atoms with Crippen LogP contribution in [0.15, 0.2) is 82.5 Å². The lowest BCUT2D eigenvalue weighted by Gasteiger charge is -2.20. The van der Waals surface area contributed by atoms with Crippen LogP contribution in [0.3, 0.4) is 0 Å².